The molecule has 3 aromatic carbocycles. The van der Waals surface area contributed by atoms with E-state index >= 15 is 0 Å². The molecule has 0 aliphatic rings. The molecule has 27 heavy (non-hydrogen) atoms. The largest absolute Gasteiger partial charge is 0.493 e. The summed E-state index contributed by atoms with van der Waals surface area (Å²) in [7, 11) is 3.08. The molecule has 0 aliphatic heterocycles. The fourth-order valence-corrected chi connectivity index (χ4v) is 3.01. The van der Waals surface area contributed by atoms with Gasteiger partial charge in [0, 0.05) is 29.1 Å². The molecule has 7 nitrogen and oxygen atoms in total. The Morgan fingerprint density at radius 1 is 1.00 bits per heavy atom. The van der Waals surface area contributed by atoms with Crippen molar-refractivity contribution in [1.29, 1.82) is 0 Å². The summed E-state index contributed by atoms with van der Waals surface area (Å²) in [5.41, 5.74) is 1.10. The van der Waals surface area contributed by atoms with E-state index in [0.29, 0.717) is 27.8 Å². The zero-order valence-corrected chi connectivity index (χ0v) is 14.9. The van der Waals surface area contributed by atoms with E-state index in [2.05, 4.69) is 5.32 Å². The molecule has 0 heterocycles. The summed E-state index contributed by atoms with van der Waals surface area (Å²) in [6.07, 6.45) is 0. The highest BCUT2D eigenvalue weighted by Gasteiger charge is 2.17. The number of benzene rings is 3. The van der Waals surface area contributed by atoms with Gasteiger partial charge in [-0.25, -0.2) is 0 Å². The number of para-hydroxylation sites is 1. The monoisotopic (exact) mass is 366 g/mol. The van der Waals surface area contributed by atoms with Crippen molar-refractivity contribution < 1.29 is 19.2 Å². The van der Waals surface area contributed by atoms with Gasteiger partial charge in [0.05, 0.1) is 24.5 Å². The fraction of sp³-hybridized carbons (Fsp3) is 0.150. The summed E-state index contributed by atoms with van der Waals surface area (Å²) in [5.74, 6) is 0.796. The van der Waals surface area contributed by atoms with Crippen LogP contribution in [0.3, 0.4) is 0 Å². The first-order valence-electron chi connectivity index (χ1n) is 8.21. The van der Waals surface area contributed by atoms with Crippen molar-refractivity contribution in [2.75, 3.05) is 14.2 Å². The number of carbonyl (C=O) groups excluding carboxylic acids is 1. The number of hydrogen-bond acceptors (Lipinski definition) is 5. The highest BCUT2D eigenvalue weighted by molar-refractivity contribution is 6.09. The average Bonchev–Trinajstić information content (AvgIpc) is 2.70. The molecule has 3 rings (SSSR count). The van der Waals surface area contributed by atoms with Gasteiger partial charge in [-0.1, -0.05) is 30.3 Å². The summed E-state index contributed by atoms with van der Waals surface area (Å²) in [6.45, 7) is 0.227. The van der Waals surface area contributed by atoms with E-state index in [1.54, 1.807) is 43.5 Å². The first-order valence-corrected chi connectivity index (χ1v) is 8.21. The van der Waals surface area contributed by atoms with Crippen molar-refractivity contribution in [3.05, 3.63) is 75.8 Å². The van der Waals surface area contributed by atoms with Crippen LogP contribution in [-0.4, -0.2) is 25.1 Å². The molecule has 0 radical (unpaired) electrons. The topological polar surface area (TPSA) is 90.7 Å². The van der Waals surface area contributed by atoms with Crippen LogP contribution in [0.2, 0.25) is 0 Å². The van der Waals surface area contributed by atoms with E-state index in [0.717, 1.165) is 5.56 Å². The van der Waals surface area contributed by atoms with E-state index in [1.165, 1.54) is 13.2 Å². The summed E-state index contributed by atoms with van der Waals surface area (Å²) in [6, 6.07) is 15.0. The molecule has 0 atom stereocenters. The molecule has 1 N–H and O–H groups in total. The van der Waals surface area contributed by atoms with Crippen molar-refractivity contribution >= 4 is 22.4 Å². The van der Waals surface area contributed by atoms with E-state index in [9.17, 15) is 14.9 Å². The Kier molecular flexibility index (Phi) is 5.21. The molecule has 0 spiro atoms. The van der Waals surface area contributed by atoms with Crippen molar-refractivity contribution in [2.24, 2.45) is 0 Å². The van der Waals surface area contributed by atoms with Crippen molar-refractivity contribution in [2.45, 2.75) is 6.54 Å². The zero-order valence-electron chi connectivity index (χ0n) is 14.9. The van der Waals surface area contributed by atoms with Crippen LogP contribution >= 0.6 is 0 Å². The van der Waals surface area contributed by atoms with Gasteiger partial charge in [0.2, 0.25) is 0 Å². The second-order valence-corrected chi connectivity index (χ2v) is 5.77. The quantitative estimate of drug-likeness (QED) is 0.531. The zero-order chi connectivity index (χ0) is 19.4. The number of amides is 1. The summed E-state index contributed by atoms with van der Waals surface area (Å²) < 4.78 is 10.6. The van der Waals surface area contributed by atoms with Crippen LogP contribution in [0.25, 0.3) is 10.8 Å². The lowest BCUT2D eigenvalue weighted by molar-refractivity contribution is -0.383. The highest BCUT2D eigenvalue weighted by Crippen LogP contribution is 2.31. The SMILES string of the molecule is COc1cccc(CNC(=O)c2cccc3c([N+](=O)[O-])cccc23)c1OC. The van der Waals surface area contributed by atoms with Gasteiger partial charge in [-0.15, -0.1) is 0 Å². The molecule has 0 aromatic heterocycles. The standard InChI is InChI=1S/C20H18N2O5/c1-26-18-11-3-6-13(19(18)27-2)12-21-20(23)16-9-4-8-15-14(16)7-5-10-17(15)22(24)25/h3-11H,12H2,1-2H3,(H,21,23). The number of fused-ring (bicyclic) bond motifs is 1. The molecule has 3 aromatic rings. The molecular weight excluding hydrogens is 348 g/mol. The molecule has 0 aliphatic carbocycles. The van der Waals surface area contributed by atoms with Gasteiger partial charge >= 0.3 is 0 Å². The summed E-state index contributed by atoms with van der Waals surface area (Å²) >= 11 is 0. The fourth-order valence-electron chi connectivity index (χ4n) is 3.01. The Labute approximate surface area is 155 Å². The van der Waals surface area contributed by atoms with Gasteiger partial charge in [0.15, 0.2) is 11.5 Å². The second kappa shape index (κ2) is 7.74. The molecule has 138 valence electrons. The molecule has 1 amide bonds. The third kappa shape index (κ3) is 3.52. The van der Waals surface area contributed by atoms with Crippen LogP contribution in [-0.2, 0) is 6.54 Å². The molecular formula is C20H18N2O5. The number of nitrogens with zero attached hydrogens (tertiary/aromatic N) is 1. The van der Waals surface area contributed by atoms with E-state index in [1.807, 2.05) is 12.1 Å². The second-order valence-electron chi connectivity index (χ2n) is 5.77. The lowest BCUT2D eigenvalue weighted by Crippen LogP contribution is -2.23. The maximum absolute atomic E-state index is 12.7. The number of methoxy groups -OCH3 is 2. The predicted molar refractivity (Wildman–Crippen MR) is 101 cm³/mol. The van der Waals surface area contributed by atoms with Crippen molar-refractivity contribution in [1.82, 2.24) is 5.32 Å². The van der Waals surface area contributed by atoms with Gasteiger partial charge in [0.1, 0.15) is 0 Å². The van der Waals surface area contributed by atoms with E-state index in [-0.39, 0.29) is 18.1 Å². The molecule has 0 saturated heterocycles. The number of carbonyl (C=O) groups is 1. The molecule has 7 heteroatoms. The first-order chi connectivity index (χ1) is 13.1. The van der Waals surface area contributed by atoms with Crippen LogP contribution in [0, 0.1) is 10.1 Å². The highest BCUT2D eigenvalue weighted by atomic mass is 16.6. The third-order valence-corrected chi connectivity index (χ3v) is 4.26. The van der Waals surface area contributed by atoms with Crippen molar-refractivity contribution in [3.63, 3.8) is 0 Å². The van der Waals surface area contributed by atoms with Gasteiger partial charge in [-0.3, -0.25) is 14.9 Å². The lowest BCUT2D eigenvalue weighted by Gasteiger charge is -2.13. The summed E-state index contributed by atoms with van der Waals surface area (Å²) in [5, 5.41) is 15.0. The maximum atomic E-state index is 12.7. The van der Waals surface area contributed by atoms with Crippen LogP contribution in [0.4, 0.5) is 5.69 Å². The number of non-ortho nitro benzene ring substituents is 1. The van der Waals surface area contributed by atoms with Gasteiger partial charge in [-0.05, 0) is 18.2 Å². The molecule has 0 fully saturated rings. The summed E-state index contributed by atoms with van der Waals surface area (Å²) in [4.78, 5) is 23.5. The van der Waals surface area contributed by atoms with Gasteiger partial charge in [0.25, 0.3) is 11.6 Å². The Morgan fingerprint density at radius 3 is 2.41 bits per heavy atom. The van der Waals surface area contributed by atoms with Crippen molar-refractivity contribution in [3.8, 4) is 11.5 Å². The number of nitro benzene ring substituents is 1. The smallest absolute Gasteiger partial charge is 0.277 e. The average molecular weight is 366 g/mol. The minimum Gasteiger partial charge on any atom is -0.493 e. The minimum atomic E-state index is -0.453. The van der Waals surface area contributed by atoms with Gasteiger partial charge < -0.3 is 14.8 Å². The molecule has 0 bridgehead atoms. The number of nitro groups is 1. The molecule has 0 saturated carbocycles. The van der Waals surface area contributed by atoms with E-state index in [4.69, 9.17) is 9.47 Å². The Hall–Kier alpha value is -3.61. The number of nitrogens with one attached hydrogen (secondary N) is 1. The first kappa shape index (κ1) is 18.2. The number of hydrogen-bond donors (Lipinski definition) is 1. The van der Waals surface area contributed by atoms with Gasteiger partial charge in [-0.2, -0.15) is 0 Å². The number of ether oxygens (including phenoxy) is 2. The predicted octanol–water partition coefficient (Wildman–Crippen LogP) is 3.70. The Bertz CT molecular complexity index is 1020. The third-order valence-electron chi connectivity index (χ3n) is 4.26. The van der Waals surface area contributed by atoms with Crippen LogP contribution in [0.5, 0.6) is 11.5 Å². The van der Waals surface area contributed by atoms with Crippen LogP contribution in [0.15, 0.2) is 54.6 Å². The maximum Gasteiger partial charge on any atom is 0.277 e. The number of rotatable bonds is 6. The van der Waals surface area contributed by atoms with Crippen LogP contribution in [0.1, 0.15) is 15.9 Å². The lowest BCUT2D eigenvalue weighted by atomic mass is 10.0. The minimum absolute atomic E-state index is 0.0309. The Balaban J connectivity index is 1.90. The van der Waals surface area contributed by atoms with E-state index < -0.39 is 4.92 Å². The Morgan fingerprint density at radius 2 is 1.70 bits per heavy atom. The molecule has 0 unspecified atom stereocenters. The normalized spacial score (nSPS) is 10.4. The van der Waals surface area contributed by atoms with Crippen LogP contribution < -0.4 is 14.8 Å².